The van der Waals surface area contributed by atoms with Crippen molar-refractivity contribution < 1.29 is 44.1 Å². The molecule has 0 spiro atoms. The van der Waals surface area contributed by atoms with Gasteiger partial charge < -0.3 is 0 Å². The van der Waals surface area contributed by atoms with Gasteiger partial charge in [-0.1, -0.05) is 0 Å². The molecule has 0 aromatic heterocycles. The number of amides is 1. The Morgan fingerprint density at radius 2 is 1.33 bits per heavy atom. The van der Waals surface area contributed by atoms with Crippen molar-refractivity contribution in [3.8, 4) is 0 Å². The van der Waals surface area contributed by atoms with E-state index in [0.717, 1.165) is 4.72 Å². The molecule has 0 fully saturated rings. The summed E-state index contributed by atoms with van der Waals surface area (Å²) in [7, 11) is -5.13. The summed E-state index contributed by atoms with van der Waals surface area (Å²) < 4.78 is 105. The Balaban J connectivity index is 3.42. The molecule has 5 nitrogen and oxygen atoms in total. The molecule has 0 unspecified atom stereocenters. The minimum atomic E-state index is -5.19. The highest BCUT2D eigenvalue weighted by molar-refractivity contribution is 7.84. The Morgan fingerprint density at radius 1 is 0.952 bits per heavy atom. The lowest BCUT2D eigenvalue weighted by Gasteiger charge is -2.13. The lowest BCUT2D eigenvalue weighted by Crippen LogP contribution is -2.30. The number of halogens is 6. The van der Waals surface area contributed by atoms with Crippen LogP contribution in [0.15, 0.2) is 18.2 Å². The van der Waals surface area contributed by atoms with Gasteiger partial charge in [-0.2, -0.15) is 34.8 Å². The molecule has 0 radical (unpaired) electrons. The van der Waals surface area contributed by atoms with Crippen LogP contribution in [0, 0.1) is 0 Å². The van der Waals surface area contributed by atoms with Gasteiger partial charge in [0.15, 0.2) is 0 Å². The molecule has 0 bridgehead atoms. The van der Waals surface area contributed by atoms with Crippen LogP contribution in [-0.4, -0.2) is 18.9 Å². The molecule has 1 aromatic carbocycles. The molecule has 0 atom stereocenters. The van der Waals surface area contributed by atoms with Gasteiger partial charge in [0.25, 0.3) is 5.91 Å². The zero-order valence-electron chi connectivity index (χ0n) is 9.58. The molecule has 0 aliphatic carbocycles. The first-order valence-corrected chi connectivity index (χ1v) is 6.23. The second-order valence-corrected chi connectivity index (χ2v) is 4.86. The molecule has 0 saturated heterocycles. The summed E-state index contributed by atoms with van der Waals surface area (Å²) in [4.78, 5) is 11.2. The number of nitrogens with one attached hydrogen (secondary N) is 1. The molecule has 12 heteroatoms. The van der Waals surface area contributed by atoms with Gasteiger partial charge in [-0.05, 0) is 18.2 Å². The van der Waals surface area contributed by atoms with E-state index in [0.29, 0.717) is 0 Å². The van der Waals surface area contributed by atoms with E-state index in [1.54, 1.807) is 0 Å². The molecule has 118 valence electrons. The van der Waals surface area contributed by atoms with E-state index >= 15 is 0 Å². The van der Waals surface area contributed by atoms with Crippen LogP contribution in [-0.2, 0) is 22.7 Å². The molecule has 0 aliphatic rings. The maximum absolute atomic E-state index is 12.5. The van der Waals surface area contributed by atoms with Crippen molar-refractivity contribution >= 4 is 16.2 Å². The Hall–Kier alpha value is -1.82. The third kappa shape index (κ3) is 4.90. The first-order valence-electron chi connectivity index (χ1n) is 4.79. The minimum Gasteiger partial charge on any atom is -0.269 e. The van der Waals surface area contributed by atoms with Crippen molar-refractivity contribution in [2.45, 2.75) is 12.4 Å². The third-order valence-corrected chi connectivity index (χ3v) is 2.51. The molecule has 21 heavy (non-hydrogen) atoms. The highest BCUT2D eigenvalue weighted by Crippen LogP contribution is 2.36. The molecule has 1 aromatic rings. The monoisotopic (exact) mass is 337 g/mol. The van der Waals surface area contributed by atoms with Crippen LogP contribution in [0.2, 0.25) is 0 Å². The zero-order valence-corrected chi connectivity index (χ0v) is 10.4. The van der Waals surface area contributed by atoms with Gasteiger partial charge in [-0.25, -0.2) is 4.72 Å². The summed E-state index contributed by atoms with van der Waals surface area (Å²) in [6, 6.07) is -0.185. The SMILES string of the molecule is O=C(NS(=O)(=O)O)c1cc(C(F)(F)F)cc(C(F)(F)F)c1. The lowest BCUT2D eigenvalue weighted by molar-refractivity contribution is -0.143. The predicted octanol–water partition coefficient (Wildman–Crippen LogP) is 2.26. The molecular formula is C9H5F6NO4S. The van der Waals surface area contributed by atoms with E-state index in [1.807, 2.05) is 0 Å². The topological polar surface area (TPSA) is 83.5 Å². The Labute approximate surface area is 113 Å². The van der Waals surface area contributed by atoms with Gasteiger partial charge in [0.1, 0.15) is 0 Å². The summed E-state index contributed by atoms with van der Waals surface area (Å²) in [5, 5.41) is 0. The maximum atomic E-state index is 12.5. The fourth-order valence-corrected chi connectivity index (χ4v) is 1.61. The Bertz CT molecular complexity index is 632. The van der Waals surface area contributed by atoms with Crippen LogP contribution in [0.3, 0.4) is 0 Å². The highest BCUT2D eigenvalue weighted by Gasteiger charge is 2.37. The Morgan fingerprint density at radius 3 is 1.62 bits per heavy atom. The third-order valence-electron chi connectivity index (χ3n) is 2.07. The summed E-state index contributed by atoms with van der Waals surface area (Å²) in [5.74, 6) is -1.84. The number of hydrogen-bond acceptors (Lipinski definition) is 3. The Kier molecular flexibility index (Phi) is 4.25. The van der Waals surface area contributed by atoms with Gasteiger partial charge in [0.05, 0.1) is 11.1 Å². The molecule has 2 N–H and O–H groups in total. The van der Waals surface area contributed by atoms with Crippen molar-refractivity contribution in [1.82, 2.24) is 4.72 Å². The first kappa shape index (κ1) is 17.2. The standard InChI is InChI=1S/C9H5F6NO4S/c10-8(11,12)5-1-4(7(17)16-21(18,19)20)2-6(3-5)9(13,14)15/h1-3H,(H,16,17)(H,18,19,20). The van der Waals surface area contributed by atoms with Gasteiger partial charge in [0.2, 0.25) is 0 Å². The number of rotatable bonds is 2. The average Bonchev–Trinajstić information content (AvgIpc) is 2.23. The molecule has 1 rings (SSSR count). The lowest BCUT2D eigenvalue weighted by atomic mass is 10.0. The predicted molar refractivity (Wildman–Crippen MR) is 55.5 cm³/mol. The van der Waals surface area contributed by atoms with Crippen LogP contribution < -0.4 is 4.72 Å². The van der Waals surface area contributed by atoms with Gasteiger partial charge >= 0.3 is 22.7 Å². The fourth-order valence-electron chi connectivity index (χ4n) is 1.26. The van der Waals surface area contributed by atoms with Crippen molar-refractivity contribution in [3.63, 3.8) is 0 Å². The number of carbonyl (C=O) groups excluding carboxylic acids is 1. The number of hydrogen-bond donors (Lipinski definition) is 2. The van der Waals surface area contributed by atoms with Crippen LogP contribution in [0.5, 0.6) is 0 Å². The van der Waals surface area contributed by atoms with Crippen LogP contribution in [0.25, 0.3) is 0 Å². The van der Waals surface area contributed by atoms with Crippen LogP contribution >= 0.6 is 0 Å². The summed E-state index contributed by atoms with van der Waals surface area (Å²) >= 11 is 0. The van der Waals surface area contributed by atoms with E-state index in [-0.39, 0.29) is 18.2 Å². The average molecular weight is 337 g/mol. The minimum absolute atomic E-state index is 0.0236. The van der Waals surface area contributed by atoms with Crippen molar-refractivity contribution in [2.75, 3.05) is 0 Å². The van der Waals surface area contributed by atoms with Gasteiger partial charge in [-0.15, -0.1) is 0 Å². The summed E-state index contributed by atoms with van der Waals surface area (Å²) in [5.41, 5.74) is -4.81. The molecule has 1 amide bonds. The smallest absolute Gasteiger partial charge is 0.269 e. The number of carbonyl (C=O) groups is 1. The number of benzene rings is 1. The molecule has 0 heterocycles. The van der Waals surface area contributed by atoms with E-state index in [1.165, 1.54) is 0 Å². The first-order chi connectivity index (χ1) is 9.20. The second-order valence-electron chi connectivity index (χ2n) is 3.70. The summed E-state index contributed by atoms with van der Waals surface area (Å²) in [6.45, 7) is 0. The number of alkyl halides is 6. The summed E-state index contributed by atoms with van der Waals surface area (Å²) in [6.07, 6.45) is -10.4. The van der Waals surface area contributed by atoms with Crippen LogP contribution in [0.1, 0.15) is 21.5 Å². The normalized spacial score (nSPS) is 13.1. The highest BCUT2D eigenvalue weighted by atomic mass is 32.2. The second kappa shape index (κ2) is 5.18. The van der Waals surface area contributed by atoms with Crippen molar-refractivity contribution in [1.29, 1.82) is 0 Å². The largest absolute Gasteiger partial charge is 0.416 e. The van der Waals surface area contributed by atoms with Crippen molar-refractivity contribution in [2.24, 2.45) is 0 Å². The van der Waals surface area contributed by atoms with Crippen molar-refractivity contribution in [3.05, 3.63) is 34.9 Å². The molecule has 0 saturated carbocycles. The molecular weight excluding hydrogens is 332 g/mol. The van der Waals surface area contributed by atoms with E-state index in [4.69, 9.17) is 4.55 Å². The van der Waals surface area contributed by atoms with Crippen LogP contribution in [0.4, 0.5) is 26.3 Å². The zero-order chi connectivity index (χ0) is 16.6. The maximum Gasteiger partial charge on any atom is 0.416 e. The van der Waals surface area contributed by atoms with Gasteiger partial charge in [-0.3, -0.25) is 9.35 Å². The molecule has 0 aliphatic heterocycles. The quantitative estimate of drug-likeness (QED) is 0.640. The van der Waals surface area contributed by atoms with E-state index in [9.17, 15) is 39.6 Å². The van der Waals surface area contributed by atoms with E-state index < -0.39 is 45.3 Å². The van der Waals surface area contributed by atoms with Gasteiger partial charge in [0, 0.05) is 5.56 Å². The van der Waals surface area contributed by atoms with E-state index in [2.05, 4.69) is 0 Å². The fraction of sp³-hybridized carbons (Fsp3) is 0.222.